The number of amides is 1. The zero-order valence-corrected chi connectivity index (χ0v) is 14.0. The monoisotopic (exact) mass is 317 g/mol. The summed E-state index contributed by atoms with van der Waals surface area (Å²) < 4.78 is 5.23. The number of Topliss-reactive ketones (excluding diaryl/α,β-unsaturated/α-hetero) is 1. The fourth-order valence-corrected chi connectivity index (χ4v) is 3.01. The zero-order chi connectivity index (χ0) is 16.5. The summed E-state index contributed by atoms with van der Waals surface area (Å²) in [4.78, 5) is 24.5. The Morgan fingerprint density at radius 1 is 1.09 bits per heavy atom. The fraction of sp³-hybridized carbons (Fsp3) is 0.579. The highest BCUT2D eigenvalue weighted by molar-refractivity contribution is 5.99. The Morgan fingerprint density at radius 3 is 2.39 bits per heavy atom. The Labute approximate surface area is 138 Å². The minimum Gasteiger partial charge on any atom is -0.382 e. The summed E-state index contributed by atoms with van der Waals surface area (Å²) in [6, 6.07) is 7.06. The molecule has 0 atom stereocenters. The van der Waals surface area contributed by atoms with E-state index in [1.807, 2.05) is 6.92 Å². The lowest BCUT2D eigenvalue weighted by molar-refractivity contribution is 0.0887. The molecule has 23 heavy (non-hydrogen) atoms. The van der Waals surface area contributed by atoms with Gasteiger partial charge in [0.15, 0.2) is 5.78 Å². The summed E-state index contributed by atoms with van der Waals surface area (Å²) in [5.74, 6) is 0.300. The van der Waals surface area contributed by atoms with Crippen molar-refractivity contribution in [2.75, 3.05) is 19.8 Å². The number of carbonyl (C=O) groups excluding carboxylic acids is 2. The van der Waals surface area contributed by atoms with Gasteiger partial charge in [0.05, 0.1) is 0 Å². The molecule has 1 aliphatic rings. The average Bonchev–Trinajstić information content (AvgIpc) is 2.61. The van der Waals surface area contributed by atoms with Crippen LogP contribution < -0.4 is 5.32 Å². The molecule has 0 heterocycles. The van der Waals surface area contributed by atoms with E-state index in [1.54, 1.807) is 24.3 Å². The molecular weight excluding hydrogens is 290 g/mol. The first-order chi connectivity index (χ1) is 11.2. The normalized spacial score (nSPS) is 15.3. The summed E-state index contributed by atoms with van der Waals surface area (Å²) in [6.07, 6.45) is 6.35. The summed E-state index contributed by atoms with van der Waals surface area (Å²) >= 11 is 0. The Kier molecular flexibility index (Phi) is 7.27. The third-order valence-corrected chi connectivity index (χ3v) is 4.36. The van der Waals surface area contributed by atoms with Crippen molar-refractivity contribution in [2.45, 2.75) is 45.4 Å². The lowest BCUT2D eigenvalue weighted by Crippen LogP contribution is -2.25. The first-order valence-corrected chi connectivity index (χ1v) is 8.72. The van der Waals surface area contributed by atoms with Crippen LogP contribution in [-0.2, 0) is 4.74 Å². The van der Waals surface area contributed by atoms with Crippen LogP contribution in [0, 0.1) is 5.92 Å². The van der Waals surface area contributed by atoms with E-state index in [0.717, 1.165) is 37.7 Å². The molecule has 1 N–H and O–H groups in total. The van der Waals surface area contributed by atoms with Gasteiger partial charge in [0.2, 0.25) is 0 Å². The van der Waals surface area contributed by atoms with E-state index in [0.29, 0.717) is 25.3 Å². The highest BCUT2D eigenvalue weighted by Crippen LogP contribution is 2.26. The van der Waals surface area contributed by atoms with Crippen LogP contribution in [0.3, 0.4) is 0 Å². The molecule has 4 heteroatoms. The molecule has 1 saturated carbocycles. The summed E-state index contributed by atoms with van der Waals surface area (Å²) in [5.41, 5.74) is 1.33. The van der Waals surface area contributed by atoms with Gasteiger partial charge in [0, 0.05) is 36.8 Å². The van der Waals surface area contributed by atoms with E-state index in [4.69, 9.17) is 4.74 Å². The first kappa shape index (κ1) is 17.7. The second kappa shape index (κ2) is 9.46. The van der Waals surface area contributed by atoms with Crippen LogP contribution in [0.25, 0.3) is 0 Å². The molecule has 1 aliphatic carbocycles. The van der Waals surface area contributed by atoms with Crippen LogP contribution in [0.2, 0.25) is 0 Å². The van der Waals surface area contributed by atoms with Gasteiger partial charge in [0.25, 0.3) is 5.91 Å². The SMILES string of the molecule is CCOCCCNC(=O)c1ccc(C(=O)C2CCCCC2)cc1. The highest BCUT2D eigenvalue weighted by Gasteiger charge is 2.22. The number of carbonyl (C=O) groups is 2. The molecule has 0 unspecified atom stereocenters. The van der Waals surface area contributed by atoms with Crippen molar-refractivity contribution in [1.82, 2.24) is 5.32 Å². The first-order valence-electron chi connectivity index (χ1n) is 8.72. The van der Waals surface area contributed by atoms with E-state index in [2.05, 4.69) is 5.32 Å². The van der Waals surface area contributed by atoms with E-state index in [1.165, 1.54) is 6.42 Å². The van der Waals surface area contributed by atoms with Gasteiger partial charge < -0.3 is 10.1 Å². The second-order valence-electron chi connectivity index (χ2n) is 6.08. The zero-order valence-electron chi connectivity index (χ0n) is 14.0. The van der Waals surface area contributed by atoms with Crippen molar-refractivity contribution >= 4 is 11.7 Å². The molecule has 1 aromatic rings. The van der Waals surface area contributed by atoms with E-state index in [-0.39, 0.29) is 17.6 Å². The molecule has 0 spiro atoms. The average molecular weight is 317 g/mol. The number of hydrogen-bond donors (Lipinski definition) is 1. The minimum absolute atomic E-state index is 0.0989. The Bertz CT molecular complexity index is 504. The predicted octanol–water partition coefficient (Wildman–Crippen LogP) is 3.61. The largest absolute Gasteiger partial charge is 0.382 e. The molecule has 0 aliphatic heterocycles. The summed E-state index contributed by atoms with van der Waals surface area (Å²) in [5, 5.41) is 2.87. The highest BCUT2D eigenvalue weighted by atomic mass is 16.5. The van der Waals surface area contributed by atoms with Crippen molar-refractivity contribution < 1.29 is 14.3 Å². The third-order valence-electron chi connectivity index (χ3n) is 4.36. The number of ketones is 1. The second-order valence-corrected chi connectivity index (χ2v) is 6.08. The lowest BCUT2D eigenvalue weighted by Gasteiger charge is -2.20. The molecule has 0 saturated heterocycles. The molecule has 1 fully saturated rings. The standard InChI is InChI=1S/C19H27NO3/c1-2-23-14-6-13-20-19(22)17-11-9-16(10-12-17)18(21)15-7-4-3-5-8-15/h9-12,15H,2-8,13-14H2,1H3,(H,20,22). The van der Waals surface area contributed by atoms with Gasteiger partial charge in [-0.05, 0) is 38.3 Å². The molecule has 2 rings (SSSR count). The number of ether oxygens (including phenoxy) is 1. The summed E-state index contributed by atoms with van der Waals surface area (Å²) in [7, 11) is 0. The topological polar surface area (TPSA) is 55.4 Å². The van der Waals surface area contributed by atoms with Gasteiger partial charge in [-0.1, -0.05) is 31.4 Å². The molecular formula is C19H27NO3. The van der Waals surface area contributed by atoms with Crippen LogP contribution >= 0.6 is 0 Å². The van der Waals surface area contributed by atoms with E-state index in [9.17, 15) is 9.59 Å². The molecule has 0 radical (unpaired) electrons. The van der Waals surface area contributed by atoms with Crippen molar-refractivity contribution in [2.24, 2.45) is 5.92 Å². The van der Waals surface area contributed by atoms with Gasteiger partial charge in [-0.2, -0.15) is 0 Å². The van der Waals surface area contributed by atoms with Gasteiger partial charge in [-0.25, -0.2) is 0 Å². The van der Waals surface area contributed by atoms with E-state index < -0.39 is 0 Å². The molecule has 126 valence electrons. The minimum atomic E-state index is -0.0989. The maximum Gasteiger partial charge on any atom is 0.251 e. The Morgan fingerprint density at radius 2 is 1.74 bits per heavy atom. The van der Waals surface area contributed by atoms with Crippen molar-refractivity contribution in [3.63, 3.8) is 0 Å². The number of hydrogen-bond acceptors (Lipinski definition) is 3. The molecule has 1 aromatic carbocycles. The quantitative estimate of drug-likeness (QED) is 0.588. The Balaban J connectivity index is 1.83. The van der Waals surface area contributed by atoms with Gasteiger partial charge >= 0.3 is 0 Å². The number of benzene rings is 1. The van der Waals surface area contributed by atoms with Crippen molar-refractivity contribution in [3.05, 3.63) is 35.4 Å². The van der Waals surface area contributed by atoms with Gasteiger partial charge in [-0.3, -0.25) is 9.59 Å². The fourth-order valence-electron chi connectivity index (χ4n) is 3.01. The summed E-state index contributed by atoms with van der Waals surface area (Å²) in [6.45, 7) is 3.91. The molecule has 0 aromatic heterocycles. The Hall–Kier alpha value is -1.68. The number of rotatable bonds is 8. The van der Waals surface area contributed by atoms with Crippen molar-refractivity contribution in [3.8, 4) is 0 Å². The van der Waals surface area contributed by atoms with E-state index >= 15 is 0 Å². The smallest absolute Gasteiger partial charge is 0.251 e. The molecule has 4 nitrogen and oxygen atoms in total. The maximum absolute atomic E-state index is 12.4. The van der Waals surface area contributed by atoms with Crippen molar-refractivity contribution in [1.29, 1.82) is 0 Å². The van der Waals surface area contributed by atoms with Gasteiger partial charge in [0.1, 0.15) is 0 Å². The maximum atomic E-state index is 12.4. The molecule has 1 amide bonds. The van der Waals surface area contributed by atoms with Gasteiger partial charge in [-0.15, -0.1) is 0 Å². The van der Waals surface area contributed by atoms with Crippen LogP contribution in [0.4, 0.5) is 0 Å². The van der Waals surface area contributed by atoms with Crippen LogP contribution in [0.1, 0.15) is 66.2 Å². The van der Waals surface area contributed by atoms with Crippen LogP contribution in [0.5, 0.6) is 0 Å². The molecule has 0 bridgehead atoms. The predicted molar refractivity (Wildman–Crippen MR) is 90.8 cm³/mol. The third kappa shape index (κ3) is 5.47. The van der Waals surface area contributed by atoms with Crippen LogP contribution in [-0.4, -0.2) is 31.4 Å². The van der Waals surface area contributed by atoms with Crippen LogP contribution in [0.15, 0.2) is 24.3 Å². The number of nitrogens with one attached hydrogen (secondary N) is 1. The lowest BCUT2D eigenvalue weighted by atomic mass is 9.84.